The fourth-order valence-corrected chi connectivity index (χ4v) is 5.61. The minimum atomic E-state index is -0.606. The van der Waals surface area contributed by atoms with Gasteiger partial charge in [-0.2, -0.15) is 0 Å². The van der Waals surface area contributed by atoms with Crippen LogP contribution in [0.1, 0.15) is 66.6 Å². The number of ether oxygens (including phenoxy) is 3. The third kappa shape index (κ3) is 4.56. The van der Waals surface area contributed by atoms with E-state index in [-0.39, 0.29) is 17.9 Å². The van der Waals surface area contributed by atoms with Crippen LogP contribution in [0.25, 0.3) is 0 Å². The van der Waals surface area contributed by atoms with E-state index in [1.807, 2.05) is 24.3 Å². The van der Waals surface area contributed by atoms with Crippen LogP contribution < -0.4 is 19.5 Å². The Morgan fingerprint density at radius 2 is 1.63 bits per heavy atom. The second-order valence-corrected chi connectivity index (χ2v) is 9.79. The molecule has 1 aliphatic carbocycles. The third-order valence-corrected chi connectivity index (χ3v) is 7.95. The van der Waals surface area contributed by atoms with E-state index < -0.39 is 12.0 Å². The van der Waals surface area contributed by atoms with Crippen LogP contribution in [0.4, 0.5) is 0 Å². The molecule has 2 aliphatic rings. The molecule has 5 unspecified atom stereocenters. The van der Waals surface area contributed by atoms with Gasteiger partial charge in [0.05, 0.1) is 33.3 Å². The van der Waals surface area contributed by atoms with Gasteiger partial charge in [0.2, 0.25) is 5.91 Å². The molecule has 2 amide bonds. The molecule has 2 aromatic rings. The second kappa shape index (κ2) is 10.2. The summed E-state index contributed by atoms with van der Waals surface area (Å²) in [5.41, 5.74) is 1.98. The largest absolute Gasteiger partial charge is 0.497 e. The average molecular weight is 481 g/mol. The summed E-state index contributed by atoms with van der Waals surface area (Å²) in [6.45, 7) is 4.47. The molecule has 0 radical (unpaired) electrons. The predicted molar refractivity (Wildman–Crippen MR) is 134 cm³/mol. The molecule has 1 saturated carbocycles. The first-order chi connectivity index (χ1) is 16.8. The lowest BCUT2D eigenvalue weighted by Gasteiger charge is -2.42. The first-order valence-electron chi connectivity index (χ1n) is 12.3. The summed E-state index contributed by atoms with van der Waals surface area (Å²) in [5.74, 6) is 1.77. The van der Waals surface area contributed by atoms with E-state index in [9.17, 15) is 9.59 Å². The fourth-order valence-electron chi connectivity index (χ4n) is 5.61. The maximum Gasteiger partial charge on any atom is 0.254 e. The van der Waals surface area contributed by atoms with Crippen LogP contribution >= 0.6 is 0 Å². The molecule has 188 valence electrons. The zero-order chi connectivity index (χ0) is 25.3. The van der Waals surface area contributed by atoms with Crippen LogP contribution in [-0.4, -0.2) is 51.1 Å². The summed E-state index contributed by atoms with van der Waals surface area (Å²) in [7, 11) is 6.46. The first kappa shape index (κ1) is 24.9. The normalized spacial score (nSPS) is 26.1. The number of methoxy groups -OCH3 is 3. The monoisotopic (exact) mass is 480 g/mol. The highest BCUT2D eigenvalue weighted by molar-refractivity contribution is 6.02. The highest BCUT2D eigenvalue weighted by atomic mass is 16.5. The first-order valence-corrected chi connectivity index (χ1v) is 12.3. The number of hydrogen-bond donors (Lipinski definition) is 1. The van der Waals surface area contributed by atoms with E-state index in [1.165, 1.54) is 13.5 Å². The molecule has 0 saturated heterocycles. The number of likely N-dealkylation sites (N-methyl/N-ethyl adjacent to an activating group) is 1. The van der Waals surface area contributed by atoms with Crippen molar-refractivity contribution >= 4 is 11.8 Å². The average Bonchev–Trinajstić information content (AvgIpc) is 2.87. The van der Waals surface area contributed by atoms with E-state index in [4.69, 9.17) is 14.2 Å². The van der Waals surface area contributed by atoms with Gasteiger partial charge in [-0.25, -0.2) is 0 Å². The van der Waals surface area contributed by atoms with Gasteiger partial charge in [-0.1, -0.05) is 38.8 Å². The van der Waals surface area contributed by atoms with Crippen molar-refractivity contribution in [1.29, 1.82) is 0 Å². The molecule has 0 bridgehead atoms. The molecule has 1 fully saturated rings. The lowest BCUT2D eigenvalue weighted by molar-refractivity contribution is -0.125. The Balaban J connectivity index is 1.82. The number of carbonyl (C=O) groups is 2. The number of amides is 2. The zero-order valence-electron chi connectivity index (χ0n) is 21.5. The quantitative estimate of drug-likeness (QED) is 0.656. The van der Waals surface area contributed by atoms with Gasteiger partial charge in [0.15, 0.2) is 11.5 Å². The molecule has 4 rings (SSSR count). The van der Waals surface area contributed by atoms with Crippen molar-refractivity contribution in [3.05, 3.63) is 53.1 Å². The standard InChI is InChI=1S/C28H36N2O5/c1-16-8-7-9-22(17(16)2)29-27(31)25-20-14-23(34-5)24(35-6)15-21(20)28(32)30(3)26(25)18-10-12-19(33-4)13-11-18/h10-17,22,25-26H,7-9H2,1-6H3,(H,29,31). The van der Waals surface area contributed by atoms with Crippen molar-refractivity contribution in [3.63, 3.8) is 0 Å². The number of nitrogens with zero attached hydrogens (tertiary/aromatic N) is 1. The summed E-state index contributed by atoms with van der Waals surface area (Å²) in [4.78, 5) is 29.2. The Kier molecular flexibility index (Phi) is 7.24. The second-order valence-electron chi connectivity index (χ2n) is 9.79. The Hall–Kier alpha value is -3.22. The SMILES string of the molecule is COc1ccc(C2C(C(=O)NC3CCCC(C)C3C)c3cc(OC)c(OC)cc3C(=O)N2C)cc1. The number of rotatable bonds is 6. The summed E-state index contributed by atoms with van der Waals surface area (Å²) in [6.07, 6.45) is 3.25. The minimum absolute atomic E-state index is 0.0791. The molecular formula is C28H36N2O5. The molecule has 1 heterocycles. The molecule has 2 aromatic carbocycles. The summed E-state index contributed by atoms with van der Waals surface area (Å²) >= 11 is 0. The van der Waals surface area contributed by atoms with E-state index >= 15 is 0 Å². The van der Waals surface area contributed by atoms with Gasteiger partial charge in [-0.3, -0.25) is 9.59 Å². The summed E-state index contributed by atoms with van der Waals surface area (Å²) in [5, 5.41) is 3.36. The molecule has 0 spiro atoms. The maximum absolute atomic E-state index is 14.0. The number of benzene rings is 2. The van der Waals surface area contributed by atoms with Gasteiger partial charge in [0, 0.05) is 18.7 Å². The predicted octanol–water partition coefficient (Wildman–Crippen LogP) is 4.56. The van der Waals surface area contributed by atoms with Gasteiger partial charge < -0.3 is 24.4 Å². The molecular weight excluding hydrogens is 444 g/mol. The van der Waals surface area contributed by atoms with Gasteiger partial charge in [-0.15, -0.1) is 0 Å². The number of nitrogens with one attached hydrogen (secondary N) is 1. The molecule has 35 heavy (non-hydrogen) atoms. The fraction of sp³-hybridized carbons (Fsp3) is 0.500. The van der Waals surface area contributed by atoms with Gasteiger partial charge in [0.25, 0.3) is 5.91 Å². The van der Waals surface area contributed by atoms with E-state index in [0.29, 0.717) is 34.5 Å². The molecule has 0 aromatic heterocycles. The molecule has 1 N–H and O–H groups in total. The van der Waals surface area contributed by atoms with Gasteiger partial charge in [-0.05, 0) is 53.6 Å². The Morgan fingerprint density at radius 3 is 2.26 bits per heavy atom. The molecule has 7 heteroatoms. The van der Waals surface area contributed by atoms with Crippen LogP contribution in [0.3, 0.4) is 0 Å². The Labute approximate surface area is 207 Å². The van der Waals surface area contributed by atoms with Gasteiger partial charge >= 0.3 is 0 Å². The van der Waals surface area contributed by atoms with Crippen LogP contribution in [-0.2, 0) is 4.79 Å². The van der Waals surface area contributed by atoms with E-state index in [1.54, 1.807) is 38.3 Å². The van der Waals surface area contributed by atoms with Crippen LogP contribution in [0.5, 0.6) is 17.2 Å². The van der Waals surface area contributed by atoms with Crippen LogP contribution in [0, 0.1) is 11.8 Å². The van der Waals surface area contributed by atoms with Crippen molar-refractivity contribution in [2.45, 2.75) is 51.1 Å². The summed E-state index contributed by atoms with van der Waals surface area (Å²) < 4.78 is 16.3. The molecule has 1 aliphatic heterocycles. The van der Waals surface area contributed by atoms with Crippen molar-refractivity contribution in [3.8, 4) is 17.2 Å². The Bertz CT molecular complexity index is 1080. The smallest absolute Gasteiger partial charge is 0.254 e. The topological polar surface area (TPSA) is 77.1 Å². The number of carbonyl (C=O) groups excluding carboxylic acids is 2. The molecule has 5 atom stereocenters. The number of hydrogen-bond acceptors (Lipinski definition) is 5. The van der Waals surface area contributed by atoms with Crippen molar-refractivity contribution in [2.75, 3.05) is 28.4 Å². The highest BCUT2D eigenvalue weighted by Crippen LogP contribution is 2.46. The van der Waals surface area contributed by atoms with E-state index in [0.717, 1.165) is 24.2 Å². The number of fused-ring (bicyclic) bond motifs is 1. The summed E-state index contributed by atoms with van der Waals surface area (Å²) in [6, 6.07) is 10.7. The Morgan fingerprint density at radius 1 is 0.971 bits per heavy atom. The minimum Gasteiger partial charge on any atom is -0.497 e. The van der Waals surface area contributed by atoms with Crippen molar-refractivity contribution < 1.29 is 23.8 Å². The molecule has 7 nitrogen and oxygen atoms in total. The maximum atomic E-state index is 14.0. The lowest BCUT2D eigenvalue weighted by Crippen LogP contribution is -2.50. The zero-order valence-corrected chi connectivity index (χ0v) is 21.5. The third-order valence-electron chi connectivity index (χ3n) is 7.95. The lowest BCUT2D eigenvalue weighted by atomic mass is 9.76. The van der Waals surface area contributed by atoms with E-state index in [2.05, 4.69) is 19.2 Å². The van der Waals surface area contributed by atoms with Crippen LogP contribution in [0.2, 0.25) is 0 Å². The van der Waals surface area contributed by atoms with Gasteiger partial charge in [0.1, 0.15) is 5.75 Å². The van der Waals surface area contributed by atoms with Crippen molar-refractivity contribution in [2.24, 2.45) is 11.8 Å². The van der Waals surface area contributed by atoms with Crippen LogP contribution in [0.15, 0.2) is 36.4 Å². The van der Waals surface area contributed by atoms with Crippen molar-refractivity contribution in [1.82, 2.24) is 10.2 Å². The highest BCUT2D eigenvalue weighted by Gasteiger charge is 2.44.